The monoisotopic (exact) mass is 489 g/mol. The van der Waals surface area contributed by atoms with E-state index in [1.807, 2.05) is 32.8 Å². The summed E-state index contributed by atoms with van der Waals surface area (Å²) in [6.07, 6.45) is 0. The largest absolute Gasteiger partial charge is 0.309 e. The molecular formula is C20H25Cl2N3O3S2. The van der Waals surface area contributed by atoms with Gasteiger partial charge in [-0.05, 0) is 61.1 Å². The van der Waals surface area contributed by atoms with Crippen molar-refractivity contribution >= 4 is 50.7 Å². The van der Waals surface area contributed by atoms with Crippen molar-refractivity contribution in [2.45, 2.75) is 28.5 Å². The topological polar surface area (TPSA) is 70.1 Å². The molecule has 0 saturated heterocycles. The van der Waals surface area contributed by atoms with E-state index in [-0.39, 0.29) is 16.0 Å². The van der Waals surface area contributed by atoms with Crippen LogP contribution in [0.1, 0.15) is 13.8 Å². The predicted octanol–water partition coefficient (Wildman–Crippen LogP) is 5.75. The van der Waals surface area contributed by atoms with Gasteiger partial charge in [-0.15, -0.1) is 4.91 Å². The van der Waals surface area contributed by atoms with Crippen molar-refractivity contribution in [1.29, 1.82) is 0 Å². The van der Waals surface area contributed by atoms with Crippen LogP contribution in [0, 0.1) is 10.3 Å². The second-order valence-corrected chi connectivity index (χ2v) is 12.1. The number of nitroso groups, excluding NO2 is 1. The zero-order chi connectivity index (χ0) is 22.7. The average Bonchev–Trinajstić information content (AvgIpc) is 2.59. The third-order valence-corrected chi connectivity index (χ3v) is 7.64. The van der Waals surface area contributed by atoms with Crippen LogP contribution in [0.5, 0.6) is 0 Å². The second-order valence-electron chi connectivity index (χ2n) is 8.09. The van der Waals surface area contributed by atoms with Crippen LogP contribution in [-0.4, -0.2) is 51.9 Å². The highest BCUT2D eigenvalue weighted by Crippen LogP contribution is 2.38. The highest BCUT2D eigenvalue weighted by molar-refractivity contribution is 8.00. The lowest BCUT2D eigenvalue weighted by molar-refractivity contribution is 0.205. The summed E-state index contributed by atoms with van der Waals surface area (Å²) in [6.45, 7) is 5.03. The van der Waals surface area contributed by atoms with Gasteiger partial charge in [0.25, 0.3) is 0 Å². The van der Waals surface area contributed by atoms with E-state index < -0.39 is 10.0 Å². The number of halogens is 2. The van der Waals surface area contributed by atoms with Crippen LogP contribution < -0.4 is 0 Å². The van der Waals surface area contributed by atoms with E-state index in [4.69, 9.17) is 23.2 Å². The molecule has 2 rings (SSSR count). The molecular weight excluding hydrogens is 465 g/mol. The van der Waals surface area contributed by atoms with Crippen molar-refractivity contribution in [3.8, 4) is 0 Å². The molecule has 0 N–H and O–H groups in total. The van der Waals surface area contributed by atoms with Crippen molar-refractivity contribution in [3.63, 3.8) is 0 Å². The Balaban J connectivity index is 2.45. The van der Waals surface area contributed by atoms with Gasteiger partial charge in [0.1, 0.15) is 5.69 Å². The molecule has 0 bridgehead atoms. The number of sulfonamides is 1. The summed E-state index contributed by atoms with van der Waals surface area (Å²) in [5.74, 6) is 0. The first-order valence-electron chi connectivity index (χ1n) is 9.06. The van der Waals surface area contributed by atoms with Crippen molar-refractivity contribution in [3.05, 3.63) is 51.4 Å². The van der Waals surface area contributed by atoms with Crippen molar-refractivity contribution in [2.24, 2.45) is 10.6 Å². The normalized spacial score (nSPS) is 12.6. The smallest absolute Gasteiger partial charge is 0.244 e. The molecule has 0 fully saturated rings. The van der Waals surface area contributed by atoms with Crippen LogP contribution in [0.25, 0.3) is 0 Å². The standard InChI is InChI=1S/C20H25Cl2N3O3S2/c1-20(2,12-24(3)4)13-25(5)30(27,28)19-11-16(23-26)6-7-18(19)29-17-9-14(21)8-15(22)10-17/h6-11H,12-13H2,1-5H3. The molecule has 2 aromatic rings. The maximum absolute atomic E-state index is 13.4. The second kappa shape index (κ2) is 9.97. The summed E-state index contributed by atoms with van der Waals surface area (Å²) in [5.41, 5.74) is -0.234. The molecule has 0 radical (unpaired) electrons. The lowest BCUT2D eigenvalue weighted by Crippen LogP contribution is -2.41. The van der Waals surface area contributed by atoms with Gasteiger partial charge >= 0.3 is 0 Å². The minimum Gasteiger partial charge on any atom is -0.309 e. The third-order valence-electron chi connectivity index (χ3n) is 4.18. The Labute approximate surface area is 192 Å². The Morgan fingerprint density at radius 1 is 1.00 bits per heavy atom. The SMILES string of the molecule is CN(C)CC(C)(C)CN(C)S(=O)(=O)c1cc(N=O)ccc1Sc1cc(Cl)cc(Cl)c1. The highest BCUT2D eigenvalue weighted by atomic mass is 35.5. The fourth-order valence-electron chi connectivity index (χ4n) is 3.32. The van der Waals surface area contributed by atoms with Crippen molar-refractivity contribution in [1.82, 2.24) is 9.21 Å². The molecule has 0 atom stereocenters. The average molecular weight is 490 g/mol. The molecule has 0 saturated carbocycles. The summed E-state index contributed by atoms with van der Waals surface area (Å²) >= 11 is 13.4. The molecule has 30 heavy (non-hydrogen) atoms. The van der Waals surface area contributed by atoms with E-state index in [1.165, 1.54) is 28.2 Å². The summed E-state index contributed by atoms with van der Waals surface area (Å²) in [4.78, 5) is 14.2. The summed E-state index contributed by atoms with van der Waals surface area (Å²) in [5, 5.41) is 3.80. The minimum atomic E-state index is -3.88. The zero-order valence-electron chi connectivity index (χ0n) is 17.5. The summed E-state index contributed by atoms with van der Waals surface area (Å²) < 4.78 is 28.1. The molecule has 0 spiro atoms. The summed E-state index contributed by atoms with van der Waals surface area (Å²) in [6, 6.07) is 9.35. The van der Waals surface area contributed by atoms with E-state index in [1.54, 1.807) is 31.3 Å². The number of rotatable bonds is 9. The fourth-order valence-corrected chi connectivity index (χ4v) is 6.78. The number of hydrogen-bond acceptors (Lipinski definition) is 6. The molecule has 0 heterocycles. The van der Waals surface area contributed by atoms with Gasteiger partial charge in [0, 0.05) is 40.0 Å². The van der Waals surface area contributed by atoms with Gasteiger partial charge in [0.15, 0.2) is 0 Å². The molecule has 0 aliphatic heterocycles. The van der Waals surface area contributed by atoms with Gasteiger partial charge in [-0.2, -0.15) is 0 Å². The first-order valence-corrected chi connectivity index (χ1v) is 12.1. The molecule has 0 aromatic heterocycles. The molecule has 0 amide bonds. The van der Waals surface area contributed by atoms with E-state index in [0.717, 1.165) is 0 Å². The molecule has 164 valence electrons. The highest BCUT2D eigenvalue weighted by Gasteiger charge is 2.30. The van der Waals surface area contributed by atoms with Gasteiger partial charge in [0.2, 0.25) is 10.0 Å². The molecule has 10 heteroatoms. The van der Waals surface area contributed by atoms with E-state index in [2.05, 4.69) is 5.18 Å². The van der Waals surface area contributed by atoms with Gasteiger partial charge in [0.05, 0.1) is 4.90 Å². The summed E-state index contributed by atoms with van der Waals surface area (Å²) in [7, 11) is 1.55. The molecule has 6 nitrogen and oxygen atoms in total. The molecule has 0 unspecified atom stereocenters. The van der Waals surface area contributed by atoms with Crippen molar-refractivity contribution < 1.29 is 8.42 Å². The Morgan fingerprint density at radius 3 is 2.13 bits per heavy atom. The van der Waals surface area contributed by atoms with Gasteiger partial charge < -0.3 is 4.90 Å². The van der Waals surface area contributed by atoms with Crippen LogP contribution >= 0.6 is 35.0 Å². The Kier molecular flexibility index (Phi) is 8.35. The fraction of sp³-hybridized carbons (Fsp3) is 0.400. The maximum atomic E-state index is 13.4. The molecule has 0 aliphatic carbocycles. The third kappa shape index (κ3) is 6.67. The first kappa shape index (κ1) is 25.1. The van der Waals surface area contributed by atoms with Crippen LogP contribution in [0.2, 0.25) is 10.0 Å². The van der Waals surface area contributed by atoms with Crippen LogP contribution in [0.4, 0.5) is 5.69 Å². The van der Waals surface area contributed by atoms with E-state index >= 15 is 0 Å². The van der Waals surface area contributed by atoms with Crippen LogP contribution in [0.15, 0.2) is 56.3 Å². The van der Waals surface area contributed by atoms with Gasteiger partial charge in [-0.1, -0.05) is 48.8 Å². The Hall–Kier alpha value is -1.16. The number of nitrogens with zero attached hydrogens (tertiary/aromatic N) is 3. The van der Waals surface area contributed by atoms with Crippen LogP contribution in [-0.2, 0) is 10.0 Å². The molecule has 0 aliphatic rings. The minimum absolute atomic E-state index is 0.0175. The Bertz CT molecular complexity index is 1010. The van der Waals surface area contributed by atoms with Crippen LogP contribution in [0.3, 0.4) is 0 Å². The quantitative estimate of drug-likeness (QED) is 0.419. The molecule has 2 aromatic carbocycles. The number of benzene rings is 2. The Morgan fingerprint density at radius 2 is 1.60 bits per heavy atom. The zero-order valence-corrected chi connectivity index (χ0v) is 20.7. The van der Waals surface area contributed by atoms with Gasteiger partial charge in [-0.25, -0.2) is 12.7 Å². The predicted molar refractivity (Wildman–Crippen MR) is 125 cm³/mol. The first-order chi connectivity index (χ1) is 13.8. The van der Waals surface area contributed by atoms with Crippen molar-refractivity contribution in [2.75, 3.05) is 34.2 Å². The lowest BCUT2D eigenvalue weighted by atomic mass is 9.93. The van der Waals surface area contributed by atoms with Gasteiger partial charge in [-0.3, -0.25) is 0 Å². The number of hydrogen-bond donors (Lipinski definition) is 0. The van der Waals surface area contributed by atoms with E-state index in [0.29, 0.717) is 32.9 Å². The lowest BCUT2D eigenvalue weighted by Gasteiger charge is -2.32. The van der Waals surface area contributed by atoms with E-state index in [9.17, 15) is 13.3 Å². The maximum Gasteiger partial charge on any atom is 0.244 e.